The Morgan fingerprint density at radius 1 is 1.40 bits per heavy atom. The maximum Gasteiger partial charge on any atom is 0.251 e. The van der Waals surface area contributed by atoms with E-state index < -0.39 is 0 Å². The molecular formula is C19H24N4O2. The van der Waals surface area contributed by atoms with Crippen molar-refractivity contribution in [3.63, 3.8) is 0 Å². The average Bonchev–Trinajstić information content (AvgIpc) is 2.95. The first-order valence-corrected chi connectivity index (χ1v) is 8.57. The Morgan fingerprint density at radius 3 is 2.92 bits per heavy atom. The maximum atomic E-state index is 12.4. The second-order valence-electron chi connectivity index (χ2n) is 7.15. The number of fused-ring (bicyclic) bond motifs is 1. The normalized spacial score (nSPS) is 15.4. The molecule has 3 rings (SSSR count). The third kappa shape index (κ3) is 3.73. The van der Waals surface area contributed by atoms with E-state index in [4.69, 9.17) is 0 Å². The maximum absolute atomic E-state index is 12.4. The molecule has 1 aliphatic rings. The number of amides is 2. The van der Waals surface area contributed by atoms with Crippen LogP contribution in [0, 0.1) is 6.92 Å². The highest BCUT2D eigenvalue weighted by molar-refractivity contribution is 5.98. The molecule has 0 unspecified atom stereocenters. The molecule has 6 heteroatoms. The van der Waals surface area contributed by atoms with Crippen molar-refractivity contribution >= 4 is 17.5 Å². The van der Waals surface area contributed by atoms with Gasteiger partial charge in [0.25, 0.3) is 5.91 Å². The van der Waals surface area contributed by atoms with E-state index in [-0.39, 0.29) is 17.2 Å². The molecule has 6 nitrogen and oxygen atoms in total. The number of benzene rings is 1. The molecule has 1 aliphatic heterocycles. The van der Waals surface area contributed by atoms with E-state index in [0.29, 0.717) is 18.5 Å². The summed E-state index contributed by atoms with van der Waals surface area (Å²) >= 11 is 0. The van der Waals surface area contributed by atoms with E-state index in [9.17, 15) is 9.59 Å². The lowest BCUT2D eigenvalue weighted by Crippen LogP contribution is -2.33. The largest absolute Gasteiger partial charge is 0.352 e. The zero-order valence-electron chi connectivity index (χ0n) is 14.9. The van der Waals surface area contributed by atoms with E-state index in [1.54, 1.807) is 12.3 Å². The number of nitrogens with one attached hydrogen (secondary N) is 2. The Kier molecular flexibility index (Phi) is 4.61. The Bertz CT molecular complexity index is 808. The lowest BCUT2D eigenvalue weighted by Gasteiger charge is -2.32. The van der Waals surface area contributed by atoms with Crippen LogP contribution in [0.3, 0.4) is 0 Å². The molecule has 0 fully saturated rings. The standard InChI is InChI=1S/C19H24N4O2/c1-13-20-8-10-23(13)9-4-7-21-18(25)14-5-6-16-15(11-14)19(2,3)12-17(24)22-16/h5-6,8,10-11H,4,7,9,12H2,1-3H3,(H,21,25)(H,22,24). The summed E-state index contributed by atoms with van der Waals surface area (Å²) in [6.45, 7) is 7.45. The summed E-state index contributed by atoms with van der Waals surface area (Å²) in [6.07, 6.45) is 4.99. The Labute approximate surface area is 147 Å². The molecule has 0 radical (unpaired) electrons. The molecule has 2 heterocycles. The summed E-state index contributed by atoms with van der Waals surface area (Å²) < 4.78 is 2.07. The fraction of sp³-hybridized carbons (Fsp3) is 0.421. The van der Waals surface area contributed by atoms with Crippen molar-refractivity contribution in [2.75, 3.05) is 11.9 Å². The van der Waals surface area contributed by atoms with Gasteiger partial charge < -0.3 is 15.2 Å². The highest BCUT2D eigenvalue weighted by Gasteiger charge is 2.32. The number of rotatable bonds is 5. The fourth-order valence-corrected chi connectivity index (χ4v) is 3.24. The van der Waals surface area contributed by atoms with Crippen LogP contribution < -0.4 is 10.6 Å². The molecule has 25 heavy (non-hydrogen) atoms. The summed E-state index contributed by atoms with van der Waals surface area (Å²) in [5.41, 5.74) is 2.16. The topological polar surface area (TPSA) is 76.0 Å². The quantitative estimate of drug-likeness (QED) is 0.822. The first-order chi connectivity index (χ1) is 11.9. The lowest BCUT2D eigenvalue weighted by molar-refractivity contribution is -0.117. The van der Waals surface area contributed by atoms with Crippen molar-refractivity contribution in [1.82, 2.24) is 14.9 Å². The van der Waals surface area contributed by atoms with E-state index in [1.165, 1.54) is 0 Å². The molecule has 132 valence electrons. The van der Waals surface area contributed by atoms with E-state index >= 15 is 0 Å². The van der Waals surface area contributed by atoms with Gasteiger partial charge >= 0.3 is 0 Å². The van der Waals surface area contributed by atoms with Gasteiger partial charge in [0.1, 0.15) is 5.82 Å². The van der Waals surface area contributed by atoms with Crippen molar-refractivity contribution < 1.29 is 9.59 Å². The van der Waals surface area contributed by atoms with Crippen LogP contribution in [0.15, 0.2) is 30.6 Å². The third-order valence-corrected chi connectivity index (χ3v) is 4.67. The minimum absolute atomic E-state index is 0.0181. The number of carbonyl (C=O) groups excluding carboxylic acids is 2. The summed E-state index contributed by atoms with van der Waals surface area (Å²) in [6, 6.07) is 5.47. The van der Waals surface area contributed by atoms with Crippen LogP contribution in [-0.2, 0) is 16.8 Å². The van der Waals surface area contributed by atoms with Crippen molar-refractivity contribution in [3.8, 4) is 0 Å². The predicted molar refractivity (Wildman–Crippen MR) is 96.6 cm³/mol. The number of hydrogen-bond donors (Lipinski definition) is 2. The lowest BCUT2D eigenvalue weighted by atomic mass is 9.77. The van der Waals surface area contributed by atoms with Gasteiger partial charge in [0.15, 0.2) is 0 Å². The summed E-state index contributed by atoms with van der Waals surface area (Å²) in [5.74, 6) is 0.910. The predicted octanol–water partition coefficient (Wildman–Crippen LogP) is 2.63. The zero-order chi connectivity index (χ0) is 18.0. The molecule has 0 bridgehead atoms. The molecule has 2 aromatic rings. The van der Waals surface area contributed by atoms with Crippen molar-refractivity contribution in [1.29, 1.82) is 0 Å². The number of carbonyl (C=O) groups is 2. The van der Waals surface area contributed by atoms with Crippen LogP contribution in [0.5, 0.6) is 0 Å². The molecular weight excluding hydrogens is 316 g/mol. The van der Waals surface area contributed by atoms with Crippen LogP contribution in [0.4, 0.5) is 5.69 Å². The highest BCUT2D eigenvalue weighted by Crippen LogP contribution is 2.37. The van der Waals surface area contributed by atoms with Crippen LogP contribution in [-0.4, -0.2) is 27.9 Å². The SMILES string of the molecule is Cc1nccn1CCCNC(=O)c1ccc2c(c1)C(C)(C)CC(=O)N2. The van der Waals surface area contributed by atoms with Crippen molar-refractivity contribution in [2.45, 2.75) is 45.6 Å². The Hall–Kier alpha value is -2.63. The zero-order valence-corrected chi connectivity index (χ0v) is 14.9. The highest BCUT2D eigenvalue weighted by atomic mass is 16.2. The van der Waals surface area contributed by atoms with E-state index in [2.05, 4.69) is 20.2 Å². The fourth-order valence-electron chi connectivity index (χ4n) is 3.24. The molecule has 0 aliphatic carbocycles. The number of nitrogens with zero attached hydrogens (tertiary/aromatic N) is 2. The third-order valence-electron chi connectivity index (χ3n) is 4.67. The van der Waals surface area contributed by atoms with Gasteiger partial charge in [-0.25, -0.2) is 4.98 Å². The summed E-state index contributed by atoms with van der Waals surface area (Å²) in [5, 5.41) is 5.84. The minimum atomic E-state index is -0.271. The van der Waals surface area contributed by atoms with Gasteiger partial charge in [-0.15, -0.1) is 0 Å². The van der Waals surface area contributed by atoms with Gasteiger partial charge in [0, 0.05) is 48.6 Å². The summed E-state index contributed by atoms with van der Waals surface area (Å²) in [7, 11) is 0. The van der Waals surface area contributed by atoms with Gasteiger partial charge in [-0.3, -0.25) is 9.59 Å². The molecule has 0 saturated carbocycles. The minimum Gasteiger partial charge on any atom is -0.352 e. The van der Waals surface area contributed by atoms with Crippen LogP contribution in [0.1, 0.15) is 48.4 Å². The number of aromatic nitrogens is 2. The van der Waals surface area contributed by atoms with Crippen LogP contribution in [0.2, 0.25) is 0 Å². The van der Waals surface area contributed by atoms with E-state index in [0.717, 1.165) is 30.0 Å². The Balaban J connectivity index is 1.61. The number of imidazole rings is 1. The number of hydrogen-bond acceptors (Lipinski definition) is 3. The van der Waals surface area contributed by atoms with Gasteiger partial charge in [0.05, 0.1) is 0 Å². The smallest absolute Gasteiger partial charge is 0.251 e. The second-order valence-corrected chi connectivity index (χ2v) is 7.15. The van der Waals surface area contributed by atoms with Gasteiger partial charge in [-0.1, -0.05) is 13.8 Å². The van der Waals surface area contributed by atoms with Crippen LogP contribution >= 0.6 is 0 Å². The van der Waals surface area contributed by atoms with Crippen molar-refractivity contribution in [3.05, 3.63) is 47.5 Å². The first-order valence-electron chi connectivity index (χ1n) is 8.57. The van der Waals surface area contributed by atoms with Crippen LogP contribution in [0.25, 0.3) is 0 Å². The Morgan fingerprint density at radius 2 is 2.20 bits per heavy atom. The molecule has 0 atom stereocenters. The monoisotopic (exact) mass is 340 g/mol. The second kappa shape index (κ2) is 6.70. The molecule has 2 amide bonds. The number of aryl methyl sites for hydroxylation is 2. The molecule has 2 N–H and O–H groups in total. The number of anilines is 1. The van der Waals surface area contributed by atoms with E-state index in [1.807, 2.05) is 39.1 Å². The molecule has 0 saturated heterocycles. The summed E-state index contributed by atoms with van der Waals surface area (Å²) in [4.78, 5) is 28.4. The average molecular weight is 340 g/mol. The molecule has 1 aromatic carbocycles. The van der Waals surface area contributed by atoms with Gasteiger partial charge in [0.2, 0.25) is 5.91 Å². The van der Waals surface area contributed by atoms with Gasteiger partial charge in [-0.2, -0.15) is 0 Å². The van der Waals surface area contributed by atoms with Crippen molar-refractivity contribution in [2.24, 2.45) is 0 Å². The molecule has 0 spiro atoms. The van der Waals surface area contributed by atoms with Gasteiger partial charge in [-0.05, 0) is 37.1 Å². The molecule has 1 aromatic heterocycles. The first kappa shape index (κ1) is 17.2.